The van der Waals surface area contributed by atoms with E-state index in [9.17, 15) is 18.0 Å². The van der Waals surface area contributed by atoms with E-state index in [2.05, 4.69) is 10.3 Å². The minimum Gasteiger partial charge on any atom is -0.457 e. The fourth-order valence-corrected chi connectivity index (χ4v) is 3.76. The molecule has 0 radical (unpaired) electrons. The number of amidine groups is 1. The van der Waals surface area contributed by atoms with Crippen LogP contribution in [0.1, 0.15) is 11.3 Å². The van der Waals surface area contributed by atoms with Crippen LogP contribution in [0.15, 0.2) is 75.0 Å². The Kier molecular flexibility index (Phi) is 5.44. The van der Waals surface area contributed by atoms with Crippen molar-refractivity contribution >= 4 is 46.2 Å². The third-order valence-corrected chi connectivity index (χ3v) is 5.24. The van der Waals surface area contributed by atoms with Gasteiger partial charge in [-0.05, 0) is 48.2 Å². The molecule has 1 aliphatic heterocycles. The summed E-state index contributed by atoms with van der Waals surface area (Å²) >= 11 is 6.92. The second-order valence-electron chi connectivity index (χ2n) is 6.21. The molecule has 1 aliphatic rings. The van der Waals surface area contributed by atoms with Gasteiger partial charge in [0.15, 0.2) is 5.17 Å². The number of aliphatic imine (C=N–C) groups is 1. The first kappa shape index (κ1) is 20.3. The van der Waals surface area contributed by atoms with Crippen LogP contribution in [0.2, 0.25) is 5.02 Å². The first-order valence-electron chi connectivity index (χ1n) is 8.61. The summed E-state index contributed by atoms with van der Waals surface area (Å²) in [6.07, 6.45) is -3.04. The number of amides is 1. The summed E-state index contributed by atoms with van der Waals surface area (Å²) < 4.78 is 45.1. The van der Waals surface area contributed by atoms with E-state index >= 15 is 0 Å². The molecule has 4 nitrogen and oxygen atoms in total. The van der Waals surface area contributed by atoms with Crippen molar-refractivity contribution in [3.05, 3.63) is 81.9 Å². The van der Waals surface area contributed by atoms with Crippen LogP contribution >= 0.6 is 23.4 Å². The molecule has 0 atom stereocenters. The molecule has 1 N–H and O–H groups in total. The molecular weight excluding hydrogens is 437 g/mol. The zero-order valence-corrected chi connectivity index (χ0v) is 16.6. The van der Waals surface area contributed by atoms with Gasteiger partial charge >= 0.3 is 6.18 Å². The number of nitrogens with zero attached hydrogens (tertiary/aromatic N) is 1. The minimum atomic E-state index is -4.54. The summed E-state index contributed by atoms with van der Waals surface area (Å²) in [5.74, 6) is 0.518. The number of para-hydroxylation sites is 1. The number of alkyl halides is 3. The van der Waals surface area contributed by atoms with Crippen molar-refractivity contribution in [2.45, 2.75) is 6.18 Å². The van der Waals surface area contributed by atoms with Crippen LogP contribution in [0.4, 0.5) is 18.9 Å². The van der Waals surface area contributed by atoms with Crippen LogP contribution in [0.3, 0.4) is 0 Å². The van der Waals surface area contributed by atoms with Crippen LogP contribution in [0, 0.1) is 0 Å². The van der Waals surface area contributed by atoms with Crippen LogP contribution in [0.5, 0.6) is 0 Å². The maximum atomic E-state index is 13.1. The Bertz CT molecular complexity index is 1180. The Balaban J connectivity index is 1.58. The number of hydrogen-bond acceptors (Lipinski definition) is 4. The Labute approximate surface area is 178 Å². The topological polar surface area (TPSA) is 54.6 Å². The molecule has 1 fully saturated rings. The molecular formula is C21H12ClF3N2O2S. The molecule has 2 heterocycles. The molecule has 0 aliphatic carbocycles. The number of nitrogens with one attached hydrogen (secondary N) is 1. The number of benzene rings is 2. The molecule has 1 aromatic heterocycles. The lowest BCUT2D eigenvalue weighted by Crippen LogP contribution is -2.19. The van der Waals surface area contributed by atoms with Crippen molar-refractivity contribution in [2.24, 2.45) is 4.99 Å². The number of rotatable bonds is 3. The fourth-order valence-electron chi connectivity index (χ4n) is 2.76. The monoisotopic (exact) mass is 448 g/mol. The third-order valence-electron chi connectivity index (χ3n) is 4.09. The van der Waals surface area contributed by atoms with Gasteiger partial charge in [0.1, 0.15) is 11.5 Å². The van der Waals surface area contributed by atoms with Gasteiger partial charge in [-0.1, -0.05) is 35.9 Å². The number of thioether (sulfide) groups is 1. The van der Waals surface area contributed by atoms with Gasteiger partial charge in [-0.15, -0.1) is 0 Å². The molecule has 152 valence electrons. The highest BCUT2D eigenvalue weighted by Crippen LogP contribution is 2.37. The second kappa shape index (κ2) is 8.04. The van der Waals surface area contributed by atoms with E-state index in [-0.39, 0.29) is 15.8 Å². The molecule has 0 unspecified atom stereocenters. The largest absolute Gasteiger partial charge is 0.457 e. The van der Waals surface area contributed by atoms with Crippen molar-refractivity contribution in [2.75, 3.05) is 0 Å². The van der Waals surface area contributed by atoms with Gasteiger partial charge in [0.2, 0.25) is 0 Å². The molecule has 3 aromatic rings. The number of carbonyl (C=O) groups is 1. The van der Waals surface area contributed by atoms with Gasteiger partial charge in [0.05, 0.1) is 16.2 Å². The van der Waals surface area contributed by atoms with Crippen LogP contribution in [-0.4, -0.2) is 11.1 Å². The first-order valence-corrected chi connectivity index (χ1v) is 9.80. The molecule has 1 amide bonds. The fraction of sp³-hybridized carbons (Fsp3) is 0.0476. The molecule has 9 heteroatoms. The van der Waals surface area contributed by atoms with E-state index < -0.39 is 17.6 Å². The highest BCUT2D eigenvalue weighted by Gasteiger charge is 2.34. The highest BCUT2D eigenvalue weighted by atomic mass is 35.5. The zero-order chi connectivity index (χ0) is 21.3. The number of carbonyl (C=O) groups excluding carboxylic acids is 1. The maximum Gasteiger partial charge on any atom is 0.418 e. The van der Waals surface area contributed by atoms with Crippen molar-refractivity contribution in [3.63, 3.8) is 0 Å². The van der Waals surface area contributed by atoms with Gasteiger partial charge in [0, 0.05) is 16.7 Å². The lowest BCUT2D eigenvalue weighted by molar-refractivity contribution is -0.137. The number of hydrogen-bond donors (Lipinski definition) is 1. The lowest BCUT2D eigenvalue weighted by Gasteiger charge is -2.09. The van der Waals surface area contributed by atoms with Gasteiger partial charge in [-0.2, -0.15) is 13.2 Å². The summed E-state index contributed by atoms with van der Waals surface area (Å²) in [5, 5.41) is 3.10. The van der Waals surface area contributed by atoms with E-state index in [1.807, 2.05) is 6.07 Å². The molecule has 30 heavy (non-hydrogen) atoms. The lowest BCUT2D eigenvalue weighted by atomic mass is 10.2. The Morgan fingerprint density at radius 1 is 1.07 bits per heavy atom. The van der Waals surface area contributed by atoms with E-state index in [4.69, 9.17) is 16.0 Å². The first-order chi connectivity index (χ1) is 14.3. The molecule has 2 aromatic carbocycles. The van der Waals surface area contributed by atoms with Crippen molar-refractivity contribution in [3.8, 4) is 11.3 Å². The SMILES string of the molecule is O=C1NC(=Nc2ccccc2C(F)(F)F)S/C1=C/c1ccc(-c2cccc(Cl)c2)o1. The molecule has 1 saturated heterocycles. The van der Waals surface area contributed by atoms with Crippen molar-refractivity contribution < 1.29 is 22.4 Å². The van der Waals surface area contributed by atoms with E-state index in [0.717, 1.165) is 23.4 Å². The van der Waals surface area contributed by atoms with E-state index in [1.54, 1.807) is 30.3 Å². The zero-order valence-electron chi connectivity index (χ0n) is 15.0. The molecule has 0 spiro atoms. The Morgan fingerprint density at radius 2 is 1.87 bits per heavy atom. The van der Waals surface area contributed by atoms with Gasteiger partial charge in [-0.3, -0.25) is 4.79 Å². The van der Waals surface area contributed by atoms with E-state index in [1.165, 1.54) is 24.3 Å². The number of halogens is 4. The summed E-state index contributed by atoms with van der Waals surface area (Å²) in [7, 11) is 0. The quantitative estimate of drug-likeness (QED) is 0.465. The Morgan fingerprint density at radius 3 is 2.63 bits per heavy atom. The summed E-state index contributed by atoms with van der Waals surface area (Å²) in [6.45, 7) is 0. The normalized spacial score (nSPS) is 17.0. The average molecular weight is 449 g/mol. The summed E-state index contributed by atoms with van der Waals surface area (Å²) in [6, 6.07) is 15.5. The highest BCUT2D eigenvalue weighted by molar-refractivity contribution is 8.18. The van der Waals surface area contributed by atoms with Gasteiger partial charge in [-0.25, -0.2) is 4.99 Å². The third kappa shape index (κ3) is 4.44. The van der Waals surface area contributed by atoms with Crippen molar-refractivity contribution in [1.82, 2.24) is 5.32 Å². The standard InChI is InChI=1S/C21H12ClF3N2O2S/c22-13-5-3-4-12(10-13)17-9-8-14(29-17)11-18-19(28)27-20(30-18)26-16-7-2-1-6-15(16)21(23,24)25/h1-11H,(H,26,27,28)/b18-11+. The molecule has 0 bridgehead atoms. The predicted octanol–water partition coefficient (Wildman–Crippen LogP) is 6.51. The molecule has 0 saturated carbocycles. The predicted molar refractivity (Wildman–Crippen MR) is 111 cm³/mol. The van der Waals surface area contributed by atoms with Crippen LogP contribution in [0.25, 0.3) is 17.4 Å². The second-order valence-corrected chi connectivity index (χ2v) is 7.68. The van der Waals surface area contributed by atoms with Crippen LogP contribution in [-0.2, 0) is 11.0 Å². The Hall–Kier alpha value is -2.97. The minimum absolute atomic E-state index is 0.0598. The van der Waals surface area contributed by atoms with Gasteiger partial charge < -0.3 is 9.73 Å². The number of furan rings is 1. The van der Waals surface area contributed by atoms with E-state index in [0.29, 0.717) is 16.5 Å². The molecule has 4 rings (SSSR count). The smallest absolute Gasteiger partial charge is 0.418 e. The average Bonchev–Trinajstić information content (AvgIpc) is 3.28. The van der Waals surface area contributed by atoms with Crippen molar-refractivity contribution in [1.29, 1.82) is 0 Å². The summed E-state index contributed by atoms with van der Waals surface area (Å²) in [4.78, 5) is 16.4. The van der Waals surface area contributed by atoms with Gasteiger partial charge in [0.25, 0.3) is 5.91 Å². The summed E-state index contributed by atoms with van der Waals surface area (Å²) in [5.41, 5.74) is -0.362. The maximum absolute atomic E-state index is 13.1. The van der Waals surface area contributed by atoms with Crippen LogP contribution < -0.4 is 5.32 Å².